The lowest BCUT2D eigenvalue weighted by Crippen LogP contribution is -2.09. The highest BCUT2D eigenvalue weighted by Crippen LogP contribution is 2.61. The second kappa shape index (κ2) is 14.6. The third-order valence-corrected chi connectivity index (χ3v) is 12.7. The highest BCUT2D eigenvalue weighted by molar-refractivity contribution is 6.14. The van der Waals surface area contributed by atoms with Crippen molar-refractivity contribution in [1.29, 1.82) is 0 Å². The minimum atomic E-state index is -0.171. The van der Waals surface area contributed by atoms with Crippen LogP contribution in [0.1, 0.15) is 17.5 Å². The van der Waals surface area contributed by atoms with Crippen LogP contribution in [-0.2, 0) is 5.41 Å². The number of benzene rings is 8. The summed E-state index contributed by atoms with van der Waals surface area (Å²) in [6, 6.07) is 70.2. The van der Waals surface area contributed by atoms with E-state index in [1.165, 1.54) is 27.8 Å². The summed E-state index contributed by atoms with van der Waals surface area (Å²) in [5.41, 5.74) is 15.0. The van der Waals surface area contributed by atoms with Crippen molar-refractivity contribution in [3.63, 3.8) is 0 Å². The first-order valence-corrected chi connectivity index (χ1v) is 21.3. The van der Waals surface area contributed by atoms with Gasteiger partial charge in [0.1, 0.15) is 11.2 Å². The molecule has 2 aliphatic rings. The Morgan fingerprint density at radius 2 is 0.968 bits per heavy atom. The second-order valence-corrected chi connectivity index (χ2v) is 16.4. The van der Waals surface area contributed by atoms with E-state index in [1.807, 2.05) is 24.3 Å². The van der Waals surface area contributed by atoms with Crippen molar-refractivity contribution in [2.75, 3.05) is 0 Å². The van der Waals surface area contributed by atoms with E-state index in [4.69, 9.17) is 19.4 Å². The summed E-state index contributed by atoms with van der Waals surface area (Å²) in [5.74, 6) is 2.19. The Balaban J connectivity index is 1.05. The van der Waals surface area contributed by atoms with E-state index in [0.29, 0.717) is 23.4 Å². The molecule has 0 amide bonds. The zero-order valence-corrected chi connectivity index (χ0v) is 33.8. The molecule has 1 fully saturated rings. The maximum atomic E-state index is 7.04. The smallest absolute Gasteiger partial charge is 0.164 e. The van der Waals surface area contributed by atoms with Gasteiger partial charge < -0.3 is 4.42 Å². The number of hydrogen-bond donors (Lipinski definition) is 0. The van der Waals surface area contributed by atoms with Gasteiger partial charge in [0.15, 0.2) is 17.5 Å². The standard InChI is InChI=1S/C58H39N3O/c1-5-15-38(16-6-1)41-27-29-42(30-28-41)47-35-50-53-49(25-14-26-52(53)62-54(50)51(36-47)58-32-31-45(34-48(58)37-58)40-19-9-3-10-20-40)57-60-55(43-21-11-4-12-22-43)59-56(61-57)46-24-13-23-44(33-46)39-17-7-2-8-18-39/h1-36,48H,37H2. The quantitative estimate of drug-likeness (QED) is 0.154. The molecule has 0 N–H and O–H groups in total. The van der Waals surface area contributed by atoms with Crippen LogP contribution in [0.15, 0.2) is 223 Å². The topological polar surface area (TPSA) is 51.8 Å². The average molecular weight is 794 g/mol. The molecule has 4 heteroatoms. The lowest BCUT2D eigenvalue weighted by atomic mass is 9.84. The van der Waals surface area contributed by atoms with Crippen molar-refractivity contribution >= 4 is 27.5 Å². The molecule has 2 aliphatic carbocycles. The van der Waals surface area contributed by atoms with E-state index in [1.54, 1.807) is 0 Å². The number of fused-ring (bicyclic) bond motifs is 4. The van der Waals surface area contributed by atoms with Gasteiger partial charge in [0.25, 0.3) is 0 Å². The Labute approximate surface area is 360 Å². The zero-order valence-electron chi connectivity index (χ0n) is 33.8. The summed E-state index contributed by atoms with van der Waals surface area (Å²) in [4.78, 5) is 15.6. The molecule has 62 heavy (non-hydrogen) atoms. The Morgan fingerprint density at radius 3 is 1.65 bits per heavy atom. The fraction of sp³-hybridized carbons (Fsp3) is 0.0517. The van der Waals surface area contributed by atoms with Crippen molar-refractivity contribution in [1.82, 2.24) is 15.0 Å². The van der Waals surface area contributed by atoms with Crippen LogP contribution in [0.5, 0.6) is 0 Å². The fourth-order valence-electron chi connectivity index (χ4n) is 9.36. The first kappa shape index (κ1) is 35.9. The number of rotatable bonds is 8. The van der Waals surface area contributed by atoms with Crippen LogP contribution in [0.4, 0.5) is 0 Å². The van der Waals surface area contributed by atoms with E-state index >= 15 is 0 Å². The summed E-state index contributed by atoms with van der Waals surface area (Å²) in [7, 11) is 0. The molecule has 12 rings (SSSR count). The summed E-state index contributed by atoms with van der Waals surface area (Å²) >= 11 is 0. The molecule has 4 nitrogen and oxygen atoms in total. The van der Waals surface area contributed by atoms with Crippen molar-refractivity contribution in [2.45, 2.75) is 11.8 Å². The number of allylic oxidation sites excluding steroid dienone is 4. The van der Waals surface area contributed by atoms with E-state index in [2.05, 4.69) is 194 Å². The molecule has 2 heterocycles. The highest BCUT2D eigenvalue weighted by Gasteiger charge is 2.55. The molecule has 8 aromatic carbocycles. The van der Waals surface area contributed by atoms with Crippen molar-refractivity contribution in [3.8, 4) is 67.5 Å². The maximum absolute atomic E-state index is 7.04. The molecular weight excluding hydrogens is 755 g/mol. The molecule has 2 unspecified atom stereocenters. The molecule has 1 saturated carbocycles. The maximum Gasteiger partial charge on any atom is 0.164 e. The van der Waals surface area contributed by atoms with Crippen molar-refractivity contribution in [2.24, 2.45) is 5.92 Å². The second-order valence-electron chi connectivity index (χ2n) is 16.4. The summed E-state index contributed by atoms with van der Waals surface area (Å²) in [5, 5.41) is 2.05. The normalized spacial score (nSPS) is 16.6. The summed E-state index contributed by atoms with van der Waals surface area (Å²) in [6.07, 6.45) is 8.22. The monoisotopic (exact) mass is 793 g/mol. The largest absolute Gasteiger partial charge is 0.456 e. The number of aromatic nitrogens is 3. The van der Waals surface area contributed by atoms with Gasteiger partial charge >= 0.3 is 0 Å². The van der Waals surface area contributed by atoms with Gasteiger partial charge in [-0.3, -0.25) is 0 Å². The molecule has 0 radical (unpaired) electrons. The first-order chi connectivity index (χ1) is 30.7. The third kappa shape index (κ3) is 6.27. The van der Waals surface area contributed by atoms with Gasteiger partial charge in [-0.25, -0.2) is 15.0 Å². The third-order valence-electron chi connectivity index (χ3n) is 12.7. The predicted octanol–water partition coefficient (Wildman–Crippen LogP) is 14.7. The predicted molar refractivity (Wildman–Crippen MR) is 253 cm³/mol. The Bertz CT molecular complexity index is 3350. The lowest BCUT2D eigenvalue weighted by molar-refractivity contribution is 0.654. The van der Waals surface area contributed by atoms with E-state index < -0.39 is 0 Å². The van der Waals surface area contributed by atoms with Gasteiger partial charge in [-0.05, 0) is 81.1 Å². The minimum Gasteiger partial charge on any atom is -0.456 e. The van der Waals surface area contributed by atoms with Gasteiger partial charge in [-0.1, -0.05) is 194 Å². The Hall–Kier alpha value is -7.95. The fourth-order valence-corrected chi connectivity index (χ4v) is 9.36. The molecule has 10 aromatic rings. The number of furan rings is 1. The Morgan fingerprint density at radius 1 is 0.435 bits per heavy atom. The molecule has 0 bridgehead atoms. The van der Waals surface area contributed by atoms with Gasteiger partial charge in [0.05, 0.1) is 0 Å². The molecule has 292 valence electrons. The van der Waals surface area contributed by atoms with Gasteiger partial charge in [0, 0.05) is 38.4 Å². The zero-order chi connectivity index (χ0) is 41.0. The van der Waals surface area contributed by atoms with Crippen LogP contribution >= 0.6 is 0 Å². The van der Waals surface area contributed by atoms with Crippen LogP contribution in [0.3, 0.4) is 0 Å². The Kier molecular flexibility index (Phi) is 8.49. The lowest BCUT2D eigenvalue weighted by Gasteiger charge is -2.19. The number of hydrogen-bond acceptors (Lipinski definition) is 4. The minimum absolute atomic E-state index is 0.171. The van der Waals surface area contributed by atoms with Crippen molar-refractivity contribution in [3.05, 3.63) is 230 Å². The van der Waals surface area contributed by atoms with Crippen LogP contribution in [0, 0.1) is 5.92 Å². The van der Waals surface area contributed by atoms with E-state index in [9.17, 15) is 0 Å². The van der Waals surface area contributed by atoms with Crippen LogP contribution in [-0.4, -0.2) is 15.0 Å². The van der Waals surface area contributed by atoms with Crippen LogP contribution in [0.25, 0.3) is 95.1 Å². The molecule has 0 saturated heterocycles. The highest BCUT2D eigenvalue weighted by atomic mass is 16.3. The van der Waals surface area contributed by atoms with Crippen LogP contribution < -0.4 is 0 Å². The molecule has 0 aliphatic heterocycles. The molecule has 0 spiro atoms. The average Bonchev–Trinajstić information content (AvgIpc) is 3.98. The van der Waals surface area contributed by atoms with Gasteiger partial charge in [0.2, 0.25) is 0 Å². The first-order valence-electron chi connectivity index (χ1n) is 21.3. The SMILES string of the molecule is C1=CC2(c3cc(-c4ccc(-c5ccccc5)cc4)cc4c3oc3cccc(-c5nc(-c6ccccc6)nc(-c6cccc(-c7ccccc7)c6)n5)c34)CC2C=C1c1ccccc1. The van der Waals surface area contributed by atoms with Crippen LogP contribution in [0.2, 0.25) is 0 Å². The molecular formula is C58H39N3O. The van der Waals surface area contributed by atoms with Gasteiger partial charge in [-0.15, -0.1) is 0 Å². The molecule has 2 atom stereocenters. The number of nitrogens with zero attached hydrogens (tertiary/aromatic N) is 3. The van der Waals surface area contributed by atoms with Crippen molar-refractivity contribution < 1.29 is 4.42 Å². The molecule has 2 aromatic heterocycles. The van der Waals surface area contributed by atoms with Gasteiger partial charge in [-0.2, -0.15) is 0 Å². The summed E-state index contributed by atoms with van der Waals surface area (Å²) < 4.78 is 7.04. The van der Waals surface area contributed by atoms with E-state index in [-0.39, 0.29) is 5.41 Å². The van der Waals surface area contributed by atoms with E-state index in [0.717, 1.165) is 67.3 Å². The summed E-state index contributed by atoms with van der Waals surface area (Å²) in [6.45, 7) is 0.